The standard InChI is InChI=1S/C31H52S/c1-25(2)14-15-27(5)16-18-29(7)21(22(27)20-25)10-11-24-28(6)17-19-31(9,32)26(3,4)23(28)12-13-30(24,29)8/h10,22-24,32H,11-20H2,1-9H3. The molecule has 4 fully saturated rings. The second-order valence-corrected chi connectivity index (χ2v) is 16.9. The van der Waals surface area contributed by atoms with Gasteiger partial charge in [-0.25, -0.2) is 0 Å². The van der Waals surface area contributed by atoms with Crippen LogP contribution in [0.25, 0.3) is 0 Å². The molecule has 0 saturated heterocycles. The summed E-state index contributed by atoms with van der Waals surface area (Å²) in [6, 6.07) is 0. The highest BCUT2D eigenvalue weighted by Crippen LogP contribution is 2.76. The van der Waals surface area contributed by atoms with Crippen LogP contribution in [0.2, 0.25) is 0 Å². The zero-order valence-electron chi connectivity index (χ0n) is 22.8. The second kappa shape index (κ2) is 6.64. The van der Waals surface area contributed by atoms with E-state index >= 15 is 0 Å². The van der Waals surface area contributed by atoms with Gasteiger partial charge in [0.25, 0.3) is 0 Å². The fourth-order valence-corrected chi connectivity index (χ4v) is 10.9. The zero-order chi connectivity index (χ0) is 23.6. The number of hydrogen-bond acceptors (Lipinski definition) is 1. The first-order chi connectivity index (χ1) is 14.5. The van der Waals surface area contributed by atoms with Gasteiger partial charge in [-0.1, -0.05) is 74.0 Å². The number of thiol groups is 1. The maximum Gasteiger partial charge on any atom is 0.0155 e. The summed E-state index contributed by atoms with van der Waals surface area (Å²) in [5.41, 5.74) is 4.57. The van der Waals surface area contributed by atoms with Crippen LogP contribution >= 0.6 is 12.6 Å². The maximum absolute atomic E-state index is 5.25. The van der Waals surface area contributed by atoms with Crippen LogP contribution in [0.4, 0.5) is 0 Å². The van der Waals surface area contributed by atoms with E-state index in [9.17, 15) is 0 Å². The van der Waals surface area contributed by atoms with E-state index in [0.29, 0.717) is 32.5 Å². The van der Waals surface area contributed by atoms with E-state index in [1.165, 1.54) is 64.2 Å². The molecule has 0 radical (unpaired) electrons. The first kappa shape index (κ1) is 23.8. The number of allylic oxidation sites excluding steroid dienone is 2. The molecule has 5 aliphatic rings. The van der Waals surface area contributed by atoms with Crippen molar-refractivity contribution in [1.82, 2.24) is 0 Å². The van der Waals surface area contributed by atoms with Gasteiger partial charge in [0.15, 0.2) is 0 Å². The molecular weight excluding hydrogens is 404 g/mol. The fraction of sp³-hybridized carbons (Fsp3) is 0.935. The van der Waals surface area contributed by atoms with Gasteiger partial charge in [0.1, 0.15) is 0 Å². The SMILES string of the molecule is CC1(C)CCC2(C)CCC3(C)C(=CCC4C5(C)CCC(C)(S)C(C)(C)C5CCC43C)C2C1. The second-order valence-electron chi connectivity index (χ2n) is 15.9. The molecule has 8 unspecified atom stereocenters. The fourth-order valence-electron chi connectivity index (χ4n) is 10.6. The molecule has 0 aliphatic heterocycles. The molecule has 0 heterocycles. The highest BCUT2D eigenvalue weighted by atomic mass is 32.1. The number of fused-ring (bicyclic) bond motifs is 7. The summed E-state index contributed by atoms with van der Waals surface area (Å²) in [5.74, 6) is 2.44. The molecule has 0 aromatic rings. The molecule has 0 aromatic heterocycles. The van der Waals surface area contributed by atoms with E-state index in [1.807, 2.05) is 5.57 Å². The van der Waals surface area contributed by atoms with Crippen LogP contribution < -0.4 is 0 Å². The molecule has 0 N–H and O–H groups in total. The largest absolute Gasteiger partial charge is 0.172 e. The van der Waals surface area contributed by atoms with Gasteiger partial charge in [-0.05, 0) is 114 Å². The third kappa shape index (κ3) is 2.82. The van der Waals surface area contributed by atoms with Crippen molar-refractivity contribution in [3.8, 4) is 0 Å². The summed E-state index contributed by atoms with van der Waals surface area (Å²) in [7, 11) is 0. The van der Waals surface area contributed by atoms with Crippen LogP contribution in [0, 0.1) is 50.2 Å². The highest BCUT2D eigenvalue weighted by molar-refractivity contribution is 7.81. The summed E-state index contributed by atoms with van der Waals surface area (Å²) in [4.78, 5) is 0. The van der Waals surface area contributed by atoms with Crippen molar-refractivity contribution >= 4 is 12.6 Å². The van der Waals surface area contributed by atoms with Crippen LogP contribution in [0.3, 0.4) is 0 Å². The van der Waals surface area contributed by atoms with E-state index in [-0.39, 0.29) is 4.75 Å². The van der Waals surface area contributed by atoms with Crippen molar-refractivity contribution in [2.75, 3.05) is 0 Å². The number of rotatable bonds is 0. The van der Waals surface area contributed by atoms with Crippen LogP contribution in [0.15, 0.2) is 11.6 Å². The van der Waals surface area contributed by atoms with Gasteiger partial charge in [-0.15, -0.1) is 0 Å². The molecule has 1 heteroatoms. The molecule has 182 valence electrons. The van der Waals surface area contributed by atoms with Crippen molar-refractivity contribution in [3.63, 3.8) is 0 Å². The van der Waals surface area contributed by atoms with E-state index in [2.05, 4.69) is 68.4 Å². The Morgan fingerprint density at radius 3 is 2.09 bits per heavy atom. The van der Waals surface area contributed by atoms with Crippen LogP contribution in [-0.2, 0) is 0 Å². The Hall–Kier alpha value is 0.0900. The van der Waals surface area contributed by atoms with Gasteiger partial charge in [-0.2, -0.15) is 12.6 Å². The molecule has 5 aliphatic carbocycles. The van der Waals surface area contributed by atoms with Crippen molar-refractivity contribution in [2.45, 2.75) is 131 Å². The lowest BCUT2D eigenvalue weighted by Crippen LogP contribution is -2.65. The Morgan fingerprint density at radius 1 is 0.750 bits per heavy atom. The molecule has 0 nitrogen and oxygen atoms in total. The molecular formula is C31H52S. The molecule has 0 amide bonds. The van der Waals surface area contributed by atoms with Gasteiger partial charge < -0.3 is 0 Å². The summed E-state index contributed by atoms with van der Waals surface area (Å²) >= 11 is 5.25. The Morgan fingerprint density at radius 2 is 1.41 bits per heavy atom. The van der Waals surface area contributed by atoms with Crippen molar-refractivity contribution < 1.29 is 0 Å². The molecule has 4 saturated carbocycles. The van der Waals surface area contributed by atoms with Crippen LogP contribution in [-0.4, -0.2) is 4.75 Å². The van der Waals surface area contributed by atoms with E-state index in [1.54, 1.807) is 0 Å². The third-order valence-electron chi connectivity index (χ3n) is 13.7. The van der Waals surface area contributed by atoms with Gasteiger partial charge in [-0.3, -0.25) is 0 Å². The van der Waals surface area contributed by atoms with Crippen LogP contribution in [0.5, 0.6) is 0 Å². The predicted octanol–water partition coefficient (Wildman–Crippen LogP) is 9.50. The minimum atomic E-state index is 0.158. The van der Waals surface area contributed by atoms with Crippen LogP contribution in [0.1, 0.15) is 127 Å². The van der Waals surface area contributed by atoms with E-state index in [4.69, 9.17) is 12.6 Å². The zero-order valence-corrected chi connectivity index (χ0v) is 23.7. The van der Waals surface area contributed by atoms with Gasteiger partial charge >= 0.3 is 0 Å². The third-order valence-corrected chi connectivity index (χ3v) is 14.5. The quantitative estimate of drug-likeness (QED) is 0.272. The topological polar surface area (TPSA) is 0 Å². The molecule has 5 rings (SSSR count). The van der Waals surface area contributed by atoms with Gasteiger partial charge in [0.2, 0.25) is 0 Å². The average molecular weight is 457 g/mol. The van der Waals surface area contributed by atoms with E-state index in [0.717, 1.165) is 17.8 Å². The van der Waals surface area contributed by atoms with Crippen molar-refractivity contribution in [3.05, 3.63) is 11.6 Å². The van der Waals surface area contributed by atoms with E-state index < -0.39 is 0 Å². The lowest BCUT2D eigenvalue weighted by molar-refractivity contribution is -0.185. The molecule has 0 spiro atoms. The maximum atomic E-state index is 5.25. The highest BCUT2D eigenvalue weighted by Gasteiger charge is 2.68. The number of hydrogen-bond donors (Lipinski definition) is 1. The minimum absolute atomic E-state index is 0.158. The smallest absolute Gasteiger partial charge is 0.0155 e. The monoisotopic (exact) mass is 456 g/mol. The summed E-state index contributed by atoms with van der Waals surface area (Å²) in [6.07, 6.45) is 16.8. The molecule has 32 heavy (non-hydrogen) atoms. The molecule has 0 aromatic carbocycles. The summed E-state index contributed by atoms with van der Waals surface area (Å²) in [6.45, 7) is 23.4. The lowest BCUT2D eigenvalue weighted by atomic mass is 9.33. The first-order valence-electron chi connectivity index (χ1n) is 14.0. The van der Waals surface area contributed by atoms with Crippen molar-refractivity contribution in [2.24, 2.45) is 50.2 Å². The van der Waals surface area contributed by atoms with Gasteiger partial charge in [0.05, 0.1) is 0 Å². The normalized spacial score (nSPS) is 56.2. The molecule has 0 bridgehead atoms. The Balaban J connectivity index is 1.57. The Bertz CT molecular complexity index is 831. The van der Waals surface area contributed by atoms with Gasteiger partial charge in [0, 0.05) is 4.75 Å². The minimum Gasteiger partial charge on any atom is -0.172 e. The molecule has 8 atom stereocenters. The summed E-state index contributed by atoms with van der Waals surface area (Å²) < 4.78 is 0.158. The Kier molecular flexibility index (Phi) is 4.94. The predicted molar refractivity (Wildman–Crippen MR) is 142 cm³/mol. The van der Waals surface area contributed by atoms with Crippen molar-refractivity contribution in [1.29, 1.82) is 0 Å². The first-order valence-corrected chi connectivity index (χ1v) is 14.4. The lowest BCUT2D eigenvalue weighted by Gasteiger charge is -2.72. The summed E-state index contributed by atoms with van der Waals surface area (Å²) in [5, 5.41) is 0. The average Bonchev–Trinajstić information content (AvgIpc) is 2.67. The Labute approximate surface area is 205 Å².